The number of aliphatic hydroxyl groups is 1. The predicted molar refractivity (Wildman–Crippen MR) is 150 cm³/mol. The number of piperidine rings is 1. The second-order valence-corrected chi connectivity index (χ2v) is 11.2. The molecule has 6 nitrogen and oxygen atoms in total. The van der Waals surface area contributed by atoms with Gasteiger partial charge in [0.25, 0.3) is 11.9 Å². The number of halogens is 2. The van der Waals surface area contributed by atoms with E-state index in [1.165, 1.54) is 6.07 Å². The van der Waals surface area contributed by atoms with Crippen molar-refractivity contribution in [1.29, 1.82) is 0 Å². The largest absolute Gasteiger partial charge is 0.461 e. The molecule has 1 saturated carbocycles. The molecule has 2 aliphatic rings. The number of aliphatic hydroxyl groups excluding tert-OH is 1. The summed E-state index contributed by atoms with van der Waals surface area (Å²) in [6, 6.07) is 15.8. The summed E-state index contributed by atoms with van der Waals surface area (Å²) in [4.78, 5) is 21.8. The third kappa shape index (κ3) is 5.32. The molecule has 6 rings (SSSR count). The molecule has 3 aromatic carbocycles. The van der Waals surface area contributed by atoms with E-state index in [9.17, 15) is 9.90 Å². The van der Waals surface area contributed by atoms with Crippen LogP contribution in [0.2, 0.25) is 0 Å². The van der Waals surface area contributed by atoms with Gasteiger partial charge in [-0.25, -0.2) is 8.78 Å². The number of aromatic nitrogens is 2. The van der Waals surface area contributed by atoms with Gasteiger partial charge in [0, 0.05) is 24.7 Å². The van der Waals surface area contributed by atoms with Gasteiger partial charge in [0.05, 0.1) is 17.2 Å². The van der Waals surface area contributed by atoms with E-state index in [0.717, 1.165) is 36.8 Å². The number of rotatable bonds is 5. The van der Waals surface area contributed by atoms with Gasteiger partial charge in [-0.3, -0.25) is 4.79 Å². The van der Waals surface area contributed by atoms with Gasteiger partial charge in [0.2, 0.25) is 0 Å². The lowest BCUT2D eigenvalue weighted by Crippen LogP contribution is -2.40. The van der Waals surface area contributed by atoms with Gasteiger partial charge in [0.1, 0.15) is 17.4 Å². The number of benzene rings is 3. The Bertz CT molecular complexity index is 1500. The molecular formula is C32H33F2N3O3. The maximum Gasteiger partial charge on any atom is 0.294 e. The maximum atomic E-state index is 15.5. The first-order valence-corrected chi connectivity index (χ1v) is 14.1. The van der Waals surface area contributed by atoms with Crippen LogP contribution in [0.3, 0.4) is 0 Å². The van der Waals surface area contributed by atoms with Crippen LogP contribution in [0.25, 0.3) is 33.3 Å². The van der Waals surface area contributed by atoms with Gasteiger partial charge >= 0.3 is 0 Å². The number of nitrogens with one attached hydrogen (secondary N) is 1. The summed E-state index contributed by atoms with van der Waals surface area (Å²) in [5.74, 6) is -0.761. The molecule has 1 amide bonds. The van der Waals surface area contributed by atoms with Crippen LogP contribution in [-0.2, 0) is 0 Å². The van der Waals surface area contributed by atoms with Gasteiger partial charge in [-0.2, -0.15) is 4.98 Å². The fourth-order valence-electron chi connectivity index (χ4n) is 5.77. The highest BCUT2D eigenvalue weighted by Gasteiger charge is 2.24. The van der Waals surface area contributed by atoms with Gasteiger partial charge in [-0.15, -0.1) is 0 Å². The van der Waals surface area contributed by atoms with Crippen LogP contribution in [0.15, 0.2) is 54.6 Å². The summed E-state index contributed by atoms with van der Waals surface area (Å²) in [6.07, 6.45) is 4.91. The van der Waals surface area contributed by atoms with E-state index >= 15 is 8.78 Å². The Morgan fingerprint density at radius 3 is 2.17 bits per heavy atom. The lowest BCUT2D eigenvalue weighted by molar-refractivity contribution is 0.0546. The summed E-state index contributed by atoms with van der Waals surface area (Å²) in [7, 11) is 0. The molecule has 8 heteroatoms. The normalized spacial score (nSPS) is 20.1. The number of aromatic amines is 1. The summed E-state index contributed by atoms with van der Waals surface area (Å²) < 4.78 is 36.6. The second kappa shape index (κ2) is 11.0. The lowest BCUT2D eigenvalue weighted by atomic mass is 9.89. The number of carbonyl (C=O) groups excluding carboxylic acids is 1. The molecule has 1 aliphatic heterocycles. The maximum absolute atomic E-state index is 15.5. The number of nitrogens with zero attached hydrogens (tertiary/aromatic N) is 2. The molecule has 0 spiro atoms. The van der Waals surface area contributed by atoms with Crippen LogP contribution >= 0.6 is 0 Å². The van der Waals surface area contributed by atoms with Crippen LogP contribution in [0.4, 0.5) is 8.78 Å². The van der Waals surface area contributed by atoms with Crippen molar-refractivity contribution in [2.24, 2.45) is 5.92 Å². The van der Waals surface area contributed by atoms with E-state index in [-0.39, 0.29) is 40.7 Å². The molecule has 0 bridgehead atoms. The number of amides is 1. The predicted octanol–water partition coefficient (Wildman–Crippen LogP) is 6.73. The smallest absolute Gasteiger partial charge is 0.294 e. The Balaban J connectivity index is 1.19. The Morgan fingerprint density at radius 1 is 0.925 bits per heavy atom. The van der Waals surface area contributed by atoms with Crippen molar-refractivity contribution in [3.63, 3.8) is 0 Å². The zero-order chi connectivity index (χ0) is 27.8. The zero-order valence-electron chi connectivity index (χ0n) is 22.5. The van der Waals surface area contributed by atoms with Gasteiger partial charge in [0.15, 0.2) is 5.82 Å². The fourth-order valence-corrected chi connectivity index (χ4v) is 5.77. The van der Waals surface area contributed by atoms with Gasteiger partial charge < -0.3 is 19.7 Å². The van der Waals surface area contributed by atoms with Gasteiger partial charge in [-0.05, 0) is 73.3 Å². The first-order valence-electron chi connectivity index (χ1n) is 14.1. The number of imidazole rings is 1. The number of H-pyrrole nitrogens is 1. The van der Waals surface area contributed by atoms with Crippen molar-refractivity contribution >= 4 is 16.9 Å². The quantitative estimate of drug-likeness (QED) is 0.292. The number of hydrogen-bond acceptors (Lipinski definition) is 4. The SMILES string of the molecule is CC1CCC(Oc2nc3c(F)c(-c4ccc(-c5ccc(C(=O)N6CCC(O)CC6)cc5)cc4)c(F)cc3[nH]2)CC1. The highest BCUT2D eigenvalue weighted by Crippen LogP contribution is 2.34. The molecular weight excluding hydrogens is 512 g/mol. The molecule has 208 valence electrons. The van der Waals surface area contributed by atoms with E-state index < -0.39 is 11.6 Å². The van der Waals surface area contributed by atoms with E-state index in [0.29, 0.717) is 43.0 Å². The molecule has 0 unspecified atom stereocenters. The summed E-state index contributed by atoms with van der Waals surface area (Å²) >= 11 is 0. The van der Waals surface area contributed by atoms with Crippen LogP contribution < -0.4 is 4.74 Å². The topological polar surface area (TPSA) is 78.4 Å². The Labute approximate surface area is 232 Å². The molecule has 2 fully saturated rings. The minimum atomic E-state index is -0.723. The molecule has 1 aromatic heterocycles. The average Bonchev–Trinajstić information content (AvgIpc) is 3.37. The van der Waals surface area contributed by atoms with Crippen molar-refractivity contribution in [2.75, 3.05) is 13.1 Å². The average molecular weight is 546 g/mol. The molecule has 1 saturated heterocycles. The zero-order valence-corrected chi connectivity index (χ0v) is 22.5. The minimum Gasteiger partial charge on any atom is -0.461 e. The van der Waals surface area contributed by atoms with E-state index in [1.54, 1.807) is 29.2 Å². The summed E-state index contributed by atoms with van der Waals surface area (Å²) in [5, 5.41) is 9.68. The molecule has 0 atom stereocenters. The molecule has 0 radical (unpaired) electrons. The number of hydrogen-bond donors (Lipinski definition) is 2. The number of fused-ring (bicyclic) bond motifs is 1. The van der Waals surface area contributed by atoms with Crippen molar-refractivity contribution in [2.45, 2.75) is 57.7 Å². The van der Waals surface area contributed by atoms with Crippen molar-refractivity contribution in [1.82, 2.24) is 14.9 Å². The molecule has 2 N–H and O–H groups in total. The van der Waals surface area contributed by atoms with Crippen LogP contribution in [-0.4, -0.2) is 51.2 Å². The van der Waals surface area contributed by atoms with E-state index in [1.807, 2.05) is 24.3 Å². The lowest BCUT2D eigenvalue weighted by Gasteiger charge is -2.29. The third-order valence-corrected chi connectivity index (χ3v) is 8.28. The fraction of sp³-hybridized carbons (Fsp3) is 0.375. The number of ether oxygens (including phenoxy) is 1. The Morgan fingerprint density at radius 2 is 1.52 bits per heavy atom. The molecule has 2 heterocycles. The Kier molecular flexibility index (Phi) is 7.27. The van der Waals surface area contributed by atoms with Crippen molar-refractivity contribution in [3.05, 3.63) is 71.8 Å². The van der Waals surface area contributed by atoms with E-state index in [4.69, 9.17) is 4.74 Å². The molecule has 1 aliphatic carbocycles. The highest BCUT2D eigenvalue weighted by atomic mass is 19.1. The first kappa shape index (κ1) is 26.4. The van der Waals surface area contributed by atoms with Crippen LogP contribution in [0, 0.1) is 17.6 Å². The monoisotopic (exact) mass is 545 g/mol. The van der Waals surface area contributed by atoms with Crippen LogP contribution in [0.1, 0.15) is 55.8 Å². The van der Waals surface area contributed by atoms with Crippen LogP contribution in [0.5, 0.6) is 6.01 Å². The summed E-state index contributed by atoms with van der Waals surface area (Å²) in [5.41, 5.74) is 2.95. The first-order chi connectivity index (χ1) is 19.4. The van der Waals surface area contributed by atoms with E-state index in [2.05, 4.69) is 16.9 Å². The second-order valence-electron chi connectivity index (χ2n) is 11.2. The van der Waals surface area contributed by atoms with Gasteiger partial charge in [-0.1, -0.05) is 43.3 Å². The number of likely N-dealkylation sites (tertiary alicyclic amines) is 1. The third-order valence-electron chi connectivity index (χ3n) is 8.28. The Hall–Kier alpha value is -3.78. The van der Waals surface area contributed by atoms with Crippen molar-refractivity contribution < 1.29 is 23.4 Å². The molecule has 40 heavy (non-hydrogen) atoms. The summed E-state index contributed by atoms with van der Waals surface area (Å²) in [6.45, 7) is 3.33. The van der Waals surface area contributed by atoms with Crippen molar-refractivity contribution in [3.8, 4) is 28.3 Å². The highest BCUT2D eigenvalue weighted by molar-refractivity contribution is 5.95. The minimum absolute atomic E-state index is 0.0302. The standard InChI is InChI=1S/C32H33F2N3O3/c1-19-2-12-25(13-3-19)40-32-35-27-18-26(33)28(29(34)30(27)36-32)22-8-4-20(5-9-22)21-6-10-23(11-7-21)31(39)37-16-14-24(38)15-17-37/h4-11,18-19,24-25,38H,2-3,12-17H2,1H3,(H,35,36). The molecule has 4 aromatic rings. The number of carbonyl (C=O) groups is 1.